The first kappa shape index (κ1) is 13.4. The van der Waals surface area contributed by atoms with Gasteiger partial charge in [-0.3, -0.25) is 0 Å². The molecule has 0 spiro atoms. The molecule has 0 atom stereocenters. The molecule has 0 bridgehead atoms. The van der Waals surface area contributed by atoms with Crippen LogP contribution in [0.1, 0.15) is 5.56 Å². The van der Waals surface area contributed by atoms with Gasteiger partial charge in [0, 0.05) is 6.07 Å². The molecule has 3 rings (SSSR count). The molecule has 9 heteroatoms. The van der Waals surface area contributed by atoms with Gasteiger partial charge < -0.3 is 4.74 Å². The van der Waals surface area contributed by atoms with Crippen LogP contribution in [0.3, 0.4) is 0 Å². The molecule has 106 valence electrons. The summed E-state index contributed by atoms with van der Waals surface area (Å²) in [5.41, 5.74) is 0.732. The van der Waals surface area contributed by atoms with E-state index >= 15 is 0 Å². The molecule has 0 aliphatic rings. The van der Waals surface area contributed by atoms with Gasteiger partial charge in [-0.05, 0) is 30.2 Å². The zero-order valence-electron chi connectivity index (χ0n) is 10.7. The monoisotopic (exact) mass is 306 g/mol. The van der Waals surface area contributed by atoms with E-state index in [1.807, 2.05) is 0 Å². The summed E-state index contributed by atoms with van der Waals surface area (Å²) >= 11 is 5.83. The molecule has 0 amide bonds. The quantitative estimate of drug-likeness (QED) is 0.739. The molecule has 0 fully saturated rings. The summed E-state index contributed by atoms with van der Waals surface area (Å²) in [6, 6.07) is 4.10. The molecule has 2 aromatic heterocycles. The van der Waals surface area contributed by atoms with Gasteiger partial charge in [-0.15, -0.1) is 0 Å². The second-order valence-electron chi connectivity index (χ2n) is 4.04. The van der Waals surface area contributed by atoms with Gasteiger partial charge in [0.15, 0.2) is 0 Å². The smallest absolute Gasteiger partial charge is 0.328 e. The van der Waals surface area contributed by atoms with Crippen LogP contribution >= 0.6 is 11.6 Å². The number of halogens is 2. The normalized spacial score (nSPS) is 10.6. The Morgan fingerprint density at radius 3 is 2.86 bits per heavy atom. The zero-order chi connectivity index (χ0) is 14.8. The van der Waals surface area contributed by atoms with Crippen molar-refractivity contribution >= 4 is 11.6 Å². The van der Waals surface area contributed by atoms with Gasteiger partial charge in [0.2, 0.25) is 5.28 Å². The number of benzene rings is 1. The Balaban J connectivity index is 1.97. The molecule has 1 aromatic carbocycles. The lowest BCUT2D eigenvalue weighted by Crippen LogP contribution is -2.05. The number of ether oxygens (including phenoxy) is 1. The summed E-state index contributed by atoms with van der Waals surface area (Å²) in [5, 5.41) is 3.82. The molecule has 0 unspecified atom stereocenters. The van der Waals surface area contributed by atoms with Crippen molar-refractivity contribution in [2.45, 2.75) is 6.92 Å². The van der Waals surface area contributed by atoms with Crippen molar-refractivity contribution in [3.05, 3.63) is 47.5 Å². The number of hydrogen-bond donors (Lipinski definition) is 0. The van der Waals surface area contributed by atoms with Crippen LogP contribution in [0.15, 0.2) is 30.9 Å². The van der Waals surface area contributed by atoms with Crippen molar-refractivity contribution < 1.29 is 9.13 Å². The van der Waals surface area contributed by atoms with E-state index in [1.54, 1.807) is 13.0 Å². The number of aromatic nitrogens is 6. The molecule has 21 heavy (non-hydrogen) atoms. The van der Waals surface area contributed by atoms with Crippen LogP contribution in [-0.2, 0) is 0 Å². The van der Waals surface area contributed by atoms with Gasteiger partial charge in [-0.2, -0.15) is 24.7 Å². The molecule has 2 heterocycles. The maximum Gasteiger partial charge on any atom is 0.328 e. The van der Waals surface area contributed by atoms with Crippen LogP contribution in [0, 0.1) is 12.7 Å². The van der Waals surface area contributed by atoms with E-state index in [9.17, 15) is 4.39 Å². The second-order valence-corrected chi connectivity index (χ2v) is 4.38. The second kappa shape index (κ2) is 5.41. The van der Waals surface area contributed by atoms with Crippen LogP contribution in [-0.4, -0.2) is 29.7 Å². The molecular weight excluding hydrogens is 299 g/mol. The fraction of sp³-hybridized carbons (Fsp3) is 0.0833. The predicted molar refractivity (Wildman–Crippen MR) is 71.0 cm³/mol. The van der Waals surface area contributed by atoms with Gasteiger partial charge >= 0.3 is 6.01 Å². The highest BCUT2D eigenvalue weighted by molar-refractivity contribution is 6.28. The summed E-state index contributed by atoms with van der Waals surface area (Å²) in [6.45, 7) is 1.77. The molecule has 0 saturated carbocycles. The van der Waals surface area contributed by atoms with Gasteiger partial charge in [0.1, 0.15) is 24.2 Å². The summed E-state index contributed by atoms with van der Waals surface area (Å²) in [4.78, 5) is 15.6. The van der Waals surface area contributed by atoms with E-state index in [0.29, 0.717) is 5.75 Å². The highest BCUT2D eigenvalue weighted by Crippen LogP contribution is 2.24. The summed E-state index contributed by atoms with van der Waals surface area (Å²) in [5.74, 6) is 0.0191. The number of hydrogen-bond acceptors (Lipinski definition) is 6. The highest BCUT2D eigenvalue weighted by atomic mass is 35.5. The Labute approximate surface area is 123 Å². The lowest BCUT2D eigenvalue weighted by Gasteiger charge is -2.08. The van der Waals surface area contributed by atoms with Crippen molar-refractivity contribution in [1.82, 2.24) is 29.7 Å². The first-order valence-corrected chi connectivity index (χ1v) is 6.20. The number of nitrogens with zero attached hydrogens (tertiary/aromatic N) is 6. The minimum absolute atomic E-state index is 0.0609. The zero-order valence-corrected chi connectivity index (χ0v) is 11.5. The van der Waals surface area contributed by atoms with E-state index in [0.717, 1.165) is 5.56 Å². The minimum Gasteiger partial charge on any atom is -0.424 e. The third kappa shape index (κ3) is 2.95. The van der Waals surface area contributed by atoms with Crippen LogP contribution in [0.2, 0.25) is 5.28 Å². The average molecular weight is 307 g/mol. The average Bonchev–Trinajstić information content (AvgIpc) is 2.96. The molecule has 0 aliphatic carbocycles. The van der Waals surface area contributed by atoms with E-state index in [-0.39, 0.29) is 17.2 Å². The Hall–Kier alpha value is -2.61. The Morgan fingerprint density at radius 2 is 2.10 bits per heavy atom. The van der Waals surface area contributed by atoms with Crippen LogP contribution in [0.5, 0.6) is 11.8 Å². The first-order valence-electron chi connectivity index (χ1n) is 5.82. The van der Waals surface area contributed by atoms with Crippen molar-refractivity contribution in [2.75, 3.05) is 0 Å². The van der Waals surface area contributed by atoms with E-state index in [2.05, 4.69) is 25.0 Å². The fourth-order valence-corrected chi connectivity index (χ4v) is 1.71. The maximum atomic E-state index is 13.3. The third-order valence-electron chi connectivity index (χ3n) is 2.55. The van der Waals surface area contributed by atoms with Gasteiger partial charge in [-0.25, -0.2) is 9.37 Å². The summed E-state index contributed by atoms with van der Waals surface area (Å²) < 4.78 is 20.0. The van der Waals surface area contributed by atoms with Crippen LogP contribution in [0.25, 0.3) is 5.95 Å². The fourth-order valence-electron chi connectivity index (χ4n) is 1.56. The topological polar surface area (TPSA) is 78.6 Å². The third-order valence-corrected chi connectivity index (χ3v) is 2.72. The molecule has 0 N–H and O–H groups in total. The van der Waals surface area contributed by atoms with Crippen LogP contribution in [0.4, 0.5) is 4.39 Å². The van der Waals surface area contributed by atoms with E-state index in [4.69, 9.17) is 16.3 Å². The van der Waals surface area contributed by atoms with Crippen molar-refractivity contribution in [3.8, 4) is 17.7 Å². The Morgan fingerprint density at radius 1 is 1.24 bits per heavy atom. The first-order chi connectivity index (χ1) is 10.1. The maximum absolute atomic E-state index is 13.3. The van der Waals surface area contributed by atoms with Gasteiger partial charge in [0.25, 0.3) is 5.95 Å². The summed E-state index contributed by atoms with van der Waals surface area (Å²) in [6.07, 6.45) is 2.73. The van der Waals surface area contributed by atoms with Crippen molar-refractivity contribution in [2.24, 2.45) is 0 Å². The minimum atomic E-state index is -0.424. The standard InChI is InChI=1S/C12H8ClFN6O/c1-7-2-3-8(14)4-9(7)21-12-18-10(13)17-11(19-12)20-6-15-5-16-20/h2-6H,1H3. The molecule has 0 radical (unpaired) electrons. The molecular formula is C12H8ClFN6O. The molecule has 0 saturated heterocycles. The van der Waals surface area contributed by atoms with Gasteiger partial charge in [0.05, 0.1) is 0 Å². The van der Waals surface area contributed by atoms with Crippen molar-refractivity contribution in [3.63, 3.8) is 0 Å². The predicted octanol–water partition coefficient (Wildman–Crippen LogP) is 2.35. The molecule has 0 aliphatic heterocycles. The van der Waals surface area contributed by atoms with E-state index in [1.165, 1.54) is 29.5 Å². The van der Waals surface area contributed by atoms with E-state index < -0.39 is 5.82 Å². The highest BCUT2D eigenvalue weighted by Gasteiger charge is 2.11. The molecule has 7 nitrogen and oxygen atoms in total. The Bertz CT molecular complexity index is 779. The van der Waals surface area contributed by atoms with Gasteiger partial charge in [-0.1, -0.05) is 6.07 Å². The Kier molecular flexibility index (Phi) is 3.44. The lowest BCUT2D eigenvalue weighted by molar-refractivity contribution is 0.430. The van der Waals surface area contributed by atoms with Crippen molar-refractivity contribution in [1.29, 1.82) is 0 Å². The lowest BCUT2D eigenvalue weighted by atomic mass is 10.2. The van der Waals surface area contributed by atoms with Crippen LogP contribution < -0.4 is 4.74 Å². The molecule has 3 aromatic rings. The SMILES string of the molecule is Cc1ccc(F)cc1Oc1nc(Cl)nc(-n2cncn2)n1. The summed E-state index contributed by atoms with van der Waals surface area (Å²) in [7, 11) is 0. The number of aryl methyl sites for hydroxylation is 1. The number of rotatable bonds is 3. The largest absolute Gasteiger partial charge is 0.424 e.